The van der Waals surface area contributed by atoms with Crippen LogP contribution in [0.25, 0.3) is 0 Å². The maximum atomic E-state index is 13.1. The highest BCUT2D eigenvalue weighted by molar-refractivity contribution is 6.17. The summed E-state index contributed by atoms with van der Waals surface area (Å²) in [4.78, 5) is 24.8. The highest BCUT2D eigenvalue weighted by Crippen LogP contribution is 2.33. The summed E-state index contributed by atoms with van der Waals surface area (Å²) in [6.07, 6.45) is 1.32. The van der Waals surface area contributed by atoms with E-state index in [4.69, 9.17) is 4.99 Å². The van der Waals surface area contributed by atoms with Crippen LogP contribution in [-0.2, 0) is 4.79 Å². The summed E-state index contributed by atoms with van der Waals surface area (Å²) >= 11 is 0. The molecule has 0 bridgehead atoms. The van der Waals surface area contributed by atoms with Gasteiger partial charge in [0.1, 0.15) is 0 Å². The van der Waals surface area contributed by atoms with E-state index < -0.39 is 0 Å². The summed E-state index contributed by atoms with van der Waals surface area (Å²) in [5.74, 6) is 0.130. The van der Waals surface area contributed by atoms with Gasteiger partial charge in [-0.3, -0.25) is 9.79 Å². The first kappa shape index (κ1) is 24.4. The van der Waals surface area contributed by atoms with E-state index in [9.17, 15) is 4.79 Å². The van der Waals surface area contributed by atoms with Crippen LogP contribution in [0.15, 0.2) is 59.6 Å². The van der Waals surface area contributed by atoms with Crippen molar-refractivity contribution in [3.05, 3.63) is 60.2 Å². The van der Waals surface area contributed by atoms with Crippen molar-refractivity contribution < 1.29 is 4.79 Å². The third-order valence-corrected chi connectivity index (χ3v) is 5.61. The van der Waals surface area contributed by atoms with Gasteiger partial charge in [-0.1, -0.05) is 42.5 Å². The molecule has 5 nitrogen and oxygen atoms in total. The first-order valence-electron chi connectivity index (χ1n) is 10.1. The summed E-state index contributed by atoms with van der Waals surface area (Å²) in [7, 11) is 2.18. The van der Waals surface area contributed by atoms with Gasteiger partial charge in [-0.15, -0.1) is 24.8 Å². The number of carbonyl (C=O) groups is 1. The fraction of sp³-hybridized carbons (Fsp3) is 0.391. The van der Waals surface area contributed by atoms with Gasteiger partial charge in [-0.2, -0.15) is 0 Å². The van der Waals surface area contributed by atoms with Crippen molar-refractivity contribution in [3.63, 3.8) is 0 Å². The molecule has 30 heavy (non-hydrogen) atoms. The number of amides is 1. The highest BCUT2D eigenvalue weighted by atomic mass is 35.5. The Kier molecular flexibility index (Phi) is 9.31. The lowest BCUT2D eigenvalue weighted by atomic mass is 10.1. The number of piperazine rings is 1. The number of anilines is 1. The summed E-state index contributed by atoms with van der Waals surface area (Å²) in [5.41, 5.74) is 3.67. The number of rotatable bonds is 5. The Bertz CT molecular complexity index is 851. The standard InChI is InChI=1S/C23H28N4O.2ClH/c1-25-14-16-26(17-15-25)12-7-13-27-22-11-6-5-10-20(22)24-21(18-23(27)28)19-8-3-2-4-9-19;;/h2-6,8-11H,7,12-18H2,1H3;2*1H. The lowest BCUT2D eigenvalue weighted by Gasteiger charge is -2.33. The largest absolute Gasteiger partial charge is 0.310 e. The number of benzene rings is 2. The number of carbonyl (C=O) groups excluding carboxylic acids is 1. The Morgan fingerprint density at radius 2 is 1.53 bits per heavy atom. The molecule has 0 saturated carbocycles. The molecule has 2 aromatic rings. The van der Waals surface area contributed by atoms with E-state index in [-0.39, 0.29) is 30.7 Å². The molecule has 0 unspecified atom stereocenters. The molecular weight excluding hydrogens is 419 g/mol. The predicted molar refractivity (Wildman–Crippen MR) is 129 cm³/mol. The second-order valence-corrected chi connectivity index (χ2v) is 7.63. The summed E-state index contributed by atoms with van der Waals surface area (Å²) in [6.45, 7) is 6.25. The van der Waals surface area contributed by atoms with E-state index in [1.165, 1.54) is 0 Å². The normalized spacial score (nSPS) is 17.3. The quantitative estimate of drug-likeness (QED) is 0.692. The number of para-hydroxylation sites is 2. The van der Waals surface area contributed by atoms with Crippen LogP contribution in [0.2, 0.25) is 0 Å². The molecule has 1 amide bonds. The van der Waals surface area contributed by atoms with Crippen molar-refractivity contribution in [2.24, 2.45) is 4.99 Å². The molecule has 162 valence electrons. The van der Waals surface area contributed by atoms with Gasteiger partial charge in [0.05, 0.1) is 23.5 Å². The SMILES string of the molecule is CN1CCN(CCCN2C(=O)CC(c3ccccc3)=Nc3ccccc32)CC1.Cl.Cl. The van der Waals surface area contributed by atoms with Gasteiger partial charge >= 0.3 is 0 Å². The molecule has 7 heteroatoms. The maximum absolute atomic E-state index is 13.1. The minimum Gasteiger partial charge on any atom is -0.310 e. The Morgan fingerprint density at radius 3 is 2.27 bits per heavy atom. The van der Waals surface area contributed by atoms with Gasteiger partial charge in [0.25, 0.3) is 0 Å². The zero-order valence-corrected chi connectivity index (χ0v) is 19.0. The Labute approximate surface area is 191 Å². The second kappa shape index (κ2) is 11.5. The van der Waals surface area contributed by atoms with Crippen molar-refractivity contribution in [1.29, 1.82) is 0 Å². The highest BCUT2D eigenvalue weighted by Gasteiger charge is 2.24. The number of likely N-dealkylation sites (N-methyl/N-ethyl adjacent to an activating group) is 1. The van der Waals surface area contributed by atoms with Gasteiger partial charge in [0.15, 0.2) is 0 Å². The van der Waals surface area contributed by atoms with Gasteiger partial charge in [0, 0.05) is 32.7 Å². The predicted octanol–water partition coefficient (Wildman–Crippen LogP) is 4.03. The van der Waals surface area contributed by atoms with Gasteiger partial charge in [0.2, 0.25) is 5.91 Å². The van der Waals surface area contributed by atoms with E-state index in [0.717, 1.165) is 68.3 Å². The number of nitrogens with zero attached hydrogens (tertiary/aromatic N) is 4. The fourth-order valence-corrected chi connectivity index (χ4v) is 3.91. The zero-order chi connectivity index (χ0) is 19.3. The molecule has 2 heterocycles. The minimum atomic E-state index is 0. The monoisotopic (exact) mass is 448 g/mol. The molecular formula is C23H30Cl2N4O. The molecule has 1 fully saturated rings. The molecule has 0 aliphatic carbocycles. The molecule has 0 N–H and O–H groups in total. The fourth-order valence-electron chi connectivity index (χ4n) is 3.91. The lowest BCUT2D eigenvalue weighted by molar-refractivity contribution is -0.117. The van der Waals surface area contributed by atoms with E-state index in [1.807, 2.05) is 59.5 Å². The first-order valence-corrected chi connectivity index (χ1v) is 10.1. The van der Waals surface area contributed by atoms with Crippen molar-refractivity contribution in [2.45, 2.75) is 12.8 Å². The van der Waals surface area contributed by atoms with Crippen LogP contribution in [0.5, 0.6) is 0 Å². The van der Waals surface area contributed by atoms with E-state index in [2.05, 4.69) is 16.8 Å². The van der Waals surface area contributed by atoms with Gasteiger partial charge < -0.3 is 14.7 Å². The minimum absolute atomic E-state index is 0. The molecule has 0 aromatic heterocycles. The molecule has 2 aliphatic heterocycles. The van der Waals surface area contributed by atoms with Crippen molar-refractivity contribution in [1.82, 2.24) is 9.80 Å². The van der Waals surface area contributed by atoms with E-state index >= 15 is 0 Å². The van der Waals surface area contributed by atoms with Crippen molar-refractivity contribution in [2.75, 3.05) is 51.2 Å². The van der Waals surface area contributed by atoms with Crippen LogP contribution in [0.3, 0.4) is 0 Å². The van der Waals surface area contributed by atoms with Crippen LogP contribution in [0.4, 0.5) is 11.4 Å². The van der Waals surface area contributed by atoms with Crippen LogP contribution in [0.1, 0.15) is 18.4 Å². The van der Waals surface area contributed by atoms with Crippen LogP contribution in [0, 0.1) is 0 Å². The Balaban J connectivity index is 0.00000160. The van der Waals surface area contributed by atoms with Crippen molar-refractivity contribution >= 4 is 47.8 Å². The van der Waals surface area contributed by atoms with E-state index in [1.54, 1.807) is 0 Å². The summed E-state index contributed by atoms with van der Waals surface area (Å²) in [6, 6.07) is 18.0. The van der Waals surface area contributed by atoms with Gasteiger partial charge in [-0.25, -0.2) is 0 Å². The number of hydrogen-bond donors (Lipinski definition) is 0. The van der Waals surface area contributed by atoms with Crippen LogP contribution in [-0.4, -0.2) is 67.7 Å². The van der Waals surface area contributed by atoms with Gasteiger partial charge in [-0.05, 0) is 37.7 Å². The third kappa shape index (κ3) is 5.82. The second-order valence-electron chi connectivity index (χ2n) is 7.63. The van der Waals surface area contributed by atoms with Crippen molar-refractivity contribution in [3.8, 4) is 0 Å². The topological polar surface area (TPSA) is 39.1 Å². The Morgan fingerprint density at radius 1 is 0.867 bits per heavy atom. The summed E-state index contributed by atoms with van der Waals surface area (Å²) in [5, 5.41) is 0. The van der Waals surface area contributed by atoms with E-state index in [0.29, 0.717) is 6.42 Å². The van der Waals surface area contributed by atoms with Crippen LogP contribution >= 0.6 is 24.8 Å². The Hall–Kier alpha value is -1.92. The average molecular weight is 449 g/mol. The molecule has 4 rings (SSSR count). The molecule has 0 atom stereocenters. The molecule has 2 aliphatic rings. The summed E-state index contributed by atoms with van der Waals surface area (Å²) < 4.78 is 0. The molecule has 1 saturated heterocycles. The maximum Gasteiger partial charge on any atom is 0.233 e. The number of halogens is 2. The number of aliphatic imine (C=N–C) groups is 1. The number of fused-ring (bicyclic) bond motifs is 1. The average Bonchev–Trinajstić information content (AvgIpc) is 2.87. The first-order chi connectivity index (χ1) is 13.7. The lowest BCUT2D eigenvalue weighted by Crippen LogP contribution is -2.45. The molecule has 2 aromatic carbocycles. The molecule has 0 spiro atoms. The third-order valence-electron chi connectivity index (χ3n) is 5.61. The smallest absolute Gasteiger partial charge is 0.233 e. The molecule has 0 radical (unpaired) electrons. The van der Waals surface area contributed by atoms with Crippen LogP contribution < -0.4 is 4.90 Å². The number of hydrogen-bond acceptors (Lipinski definition) is 4. The zero-order valence-electron chi connectivity index (χ0n) is 17.4.